The maximum absolute atomic E-state index is 12.0. The van der Waals surface area contributed by atoms with Gasteiger partial charge >= 0.3 is 0 Å². The third-order valence-electron chi connectivity index (χ3n) is 6.20. The first kappa shape index (κ1) is 21.2. The second kappa shape index (κ2) is 7.56. The van der Waals surface area contributed by atoms with Crippen molar-refractivity contribution < 1.29 is 23.2 Å². The molecule has 0 unspecified atom stereocenters. The van der Waals surface area contributed by atoms with E-state index < -0.39 is 10.1 Å². The van der Waals surface area contributed by atoms with Crippen LogP contribution in [0, 0.1) is 0 Å². The van der Waals surface area contributed by atoms with E-state index in [0.717, 1.165) is 16.3 Å². The van der Waals surface area contributed by atoms with E-state index in [-0.39, 0.29) is 38.5 Å². The summed E-state index contributed by atoms with van der Waals surface area (Å²) in [4.78, 5) is 7.30. The van der Waals surface area contributed by atoms with Gasteiger partial charge in [-0.1, -0.05) is 66.7 Å². The number of benzene rings is 5. The maximum atomic E-state index is 12.0. The Morgan fingerprint density at radius 2 is 1.40 bits per heavy atom. The van der Waals surface area contributed by atoms with Gasteiger partial charge < -0.3 is 15.2 Å². The number of rotatable bonds is 3. The lowest BCUT2D eigenvalue weighted by atomic mass is 9.96. The lowest BCUT2D eigenvalue weighted by Crippen LogP contribution is -1.99. The monoisotopic (exact) mass is 482 g/mol. The summed E-state index contributed by atoms with van der Waals surface area (Å²) in [5.41, 5.74) is 2.48. The molecule has 8 heteroatoms. The highest BCUT2D eigenvalue weighted by molar-refractivity contribution is 7.86. The minimum absolute atomic E-state index is 0.00596. The standard InChI is InChI=1S/C27H18N2O5S/c30-22-13-5-11-19-23(35(32,33)34)14-21-25(24(19)22)29-27(28-21)20-12-4-10-18(26(20)31)17-9-3-7-15-6-1-2-8-16(15)17/h1-14,30-31H,(H,28,29)(H,32,33,34). The SMILES string of the molecule is O=S(=O)(O)c1cc2[nH]c(-c3cccc(-c4cccc5ccccc45)c3O)nc2c2c(O)cccc12. The normalized spacial score (nSPS) is 12.0. The van der Waals surface area contributed by atoms with Gasteiger partial charge in [0.1, 0.15) is 27.7 Å². The molecule has 7 nitrogen and oxygen atoms in total. The van der Waals surface area contributed by atoms with Gasteiger partial charge in [-0.15, -0.1) is 0 Å². The van der Waals surface area contributed by atoms with Crippen LogP contribution in [-0.2, 0) is 10.1 Å². The molecule has 1 aromatic heterocycles. The number of nitrogens with one attached hydrogen (secondary N) is 1. The van der Waals surface area contributed by atoms with E-state index in [1.165, 1.54) is 24.3 Å². The van der Waals surface area contributed by atoms with Crippen molar-refractivity contribution in [1.82, 2.24) is 9.97 Å². The Morgan fingerprint density at radius 3 is 2.23 bits per heavy atom. The molecule has 0 fully saturated rings. The Kier molecular flexibility index (Phi) is 4.57. The van der Waals surface area contributed by atoms with Crippen molar-refractivity contribution in [2.75, 3.05) is 0 Å². The van der Waals surface area contributed by atoms with Gasteiger partial charge in [-0.05, 0) is 34.5 Å². The smallest absolute Gasteiger partial charge is 0.295 e. The summed E-state index contributed by atoms with van der Waals surface area (Å²) >= 11 is 0. The minimum Gasteiger partial charge on any atom is -0.507 e. The molecule has 0 spiro atoms. The van der Waals surface area contributed by atoms with Crippen LogP contribution in [0.4, 0.5) is 0 Å². The van der Waals surface area contributed by atoms with Crippen LogP contribution in [-0.4, -0.2) is 33.2 Å². The topological polar surface area (TPSA) is 124 Å². The number of hydrogen-bond donors (Lipinski definition) is 4. The van der Waals surface area contributed by atoms with Crippen molar-refractivity contribution in [3.63, 3.8) is 0 Å². The maximum Gasteiger partial charge on any atom is 0.295 e. The number of fused-ring (bicyclic) bond motifs is 4. The van der Waals surface area contributed by atoms with Crippen LogP contribution in [0.2, 0.25) is 0 Å². The molecule has 0 aliphatic heterocycles. The van der Waals surface area contributed by atoms with Gasteiger partial charge in [-0.2, -0.15) is 8.42 Å². The Balaban J connectivity index is 1.62. The van der Waals surface area contributed by atoms with E-state index in [1.807, 2.05) is 48.5 Å². The lowest BCUT2D eigenvalue weighted by Gasteiger charge is -2.11. The zero-order valence-corrected chi connectivity index (χ0v) is 18.9. The van der Waals surface area contributed by atoms with Gasteiger partial charge in [0.2, 0.25) is 0 Å². The van der Waals surface area contributed by atoms with Gasteiger partial charge in [0.25, 0.3) is 10.1 Å². The number of para-hydroxylation sites is 1. The van der Waals surface area contributed by atoms with Gasteiger partial charge in [0.15, 0.2) is 0 Å². The van der Waals surface area contributed by atoms with E-state index >= 15 is 0 Å². The number of aromatic amines is 1. The first-order chi connectivity index (χ1) is 16.8. The van der Waals surface area contributed by atoms with Gasteiger partial charge in [-0.25, -0.2) is 4.98 Å². The molecule has 172 valence electrons. The van der Waals surface area contributed by atoms with Crippen LogP contribution < -0.4 is 0 Å². The predicted octanol–water partition coefficient (Wildman–Crippen LogP) is 5.86. The quantitative estimate of drug-likeness (QED) is 0.234. The highest BCUT2D eigenvalue weighted by Crippen LogP contribution is 2.42. The van der Waals surface area contributed by atoms with Crippen molar-refractivity contribution in [3.05, 3.63) is 84.9 Å². The van der Waals surface area contributed by atoms with E-state index in [0.29, 0.717) is 16.6 Å². The van der Waals surface area contributed by atoms with Crippen LogP contribution in [0.3, 0.4) is 0 Å². The van der Waals surface area contributed by atoms with Crippen molar-refractivity contribution in [2.24, 2.45) is 0 Å². The van der Waals surface area contributed by atoms with Crippen LogP contribution in [0.25, 0.3) is 55.1 Å². The molecular formula is C27H18N2O5S. The number of aromatic hydroxyl groups is 2. The molecule has 1 heterocycles. The number of nitrogens with zero attached hydrogens (tertiary/aromatic N) is 1. The van der Waals surface area contributed by atoms with E-state index in [4.69, 9.17) is 0 Å². The van der Waals surface area contributed by atoms with Crippen LogP contribution in [0.5, 0.6) is 11.5 Å². The Hall–Kier alpha value is -4.40. The molecule has 5 aromatic carbocycles. The molecule has 0 atom stereocenters. The fourth-order valence-corrected chi connectivity index (χ4v) is 5.35. The van der Waals surface area contributed by atoms with Crippen LogP contribution >= 0.6 is 0 Å². The molecule has 4 N–H and O–H groups in total. The second-order valence-electron chi connectivity index (χ2n) is 8.26. The molecule has 35 heavy (non-hydrogen) atoms. The summed E-state index contributed by atoms with van der Waals surface area (Å²) in [5, 5.41) is 24.2. The Morgan fingerprint density at radius 1 is 0.743 bits per heavy atom. The van der Waals surface area contributed by atoms with Crippen molar-refractivity contribution in [2.45, 2.75) is 4.90 Å². The fourth-order valence-electron chi connectivity index (χ4n) is 4.64. The number of aromatic nitrogens is 2. The number of phenolic OH excluding ortho intramolecular Hbond substituents is 2. The first-order valence-corrected chi connectivity index (χ1v) is 12.2. The average molecular weight is 483 g/mol. The predicted molar refractivity (Wildman–Crippen MR) is 135 cm³/mol. The minimum atomic E-state index is -4.57. The zero-order chi connectivity index (χ0) is 24.3. The summed E-state index contributed by atoms with van der Waals surface area (Å²) < 4.78 is 33.9. The molecule has 0 saturated carbocycles. The third kappa shape index (κ3) is 3.30. The second-order valence-corrected chi connectivity index (χ2v) is 9.65. The van der Waals surface area contributed by atoms with E-state index in [1.54, 1.807) is 12.1 Å². The highest BCUT2D eigenvalue weighted by atomic mass is 32.2. The van der Waals surface area contributed by atoms with E-state index in [2.05, 4.69) is 9.97 Å². The zero-order valence-electron chi connectivity index (χ0n) is 18.1. The average Bonchev–Trinajstić information content (AvgIpc) is 3.27. The molecule has 0 saturated heterocycles. The highest BCUT2D eigenvalue weighted by Gasteiger charge is 2.22. The largest absolute Gasteiger partial charge is 0.507 e. The van der Waals surface area contributed by atoms with Crippen molar-refractivity contribution >= 4 is 42.7 Å². The summed E-state index contributed by atoms with van der Waals surface area (Å²) in [6.45, 7) is 0. The van der Waals surface area contributed by atoms with Crippen molar-refractivity contribution in [1.29, 1.82) is 0 Å². The van der Waals surface area contributed by atoms with Crippen molar-refractivity contribution in [3.8, 4) is 34.0 Å². The van der Waals surface area contributed by atoms with E-state index in [9.17, 15) is 23.2 Å². The molecule has 0 bridgehead atoms. The number of phenols is 2. The fraction of sp³-hybridized carbons (Fsp3) is 0. The molecule has 0 radical (unpaired) electrons. The molecule has 6 aromatic rings. The lowest BCUT2D eigenvalue weighted by molar-refractivity contribution is 0.478. The molecule has 6 rings (SSSR count). The summed E-state index contributed by atoms with van der Waals surface area (Å²) in [5.74, 6) is 0.118. The molecule has 0 amide bonds. The summed E-state index contributed by atoms with van der Waals surface area (Å²) in [6, 6.07) is 24.8. The number of imidazole rings is 1. The molecular weight excluding hydrogens is 464 g/mol. The summed E-state index contributed by atoms with van der Waals surface area (Å²) in [6.07, 6.45) is 0. The Labute approximate surface area is 199 Å². The first-order valence-electron chi connectivity index (χ1n) is 10.8. The Bertz CT molecular complexity index is 1900. The number of H-pyrrole nitrogens is 1. The van der Waals surface area contributed by atoms with Gasteiger partial charge in [0.05, 0.1) is 16.5 Å². The number of hydrogen-bond acceptors (Lipinski definition) is 5. The molecule has 0 aliphatic carbocycles. The van der Waals surface area contributed by atoms with Gasteiger partial charge in [0, 0.05) is 10.9 Å². The van der Waals surface area contributed by atoms with Gasteiger partial charge in [-0.3, -0.25) is 4.55 Å². The third-order valence-corrected chi connectivity index (χ3v) is 7.09. The molecule has 0 aliphatic rings. The summed E-state index contributed by atoms with van der Waals surface area (Å²) in [7, 11) is -4.57. The van der Waals surface area contributed by atoms with Crippen LogP contribution in [0.15, 0.2) is 89.8 Å². The van der Waals surface area contributed by atoms with Crippen LogP contribution in [0.1, 0.15) is 0 Å².